The Morgan fingerprint density at radius 1 is 1.78 bits per heavy atom. The van der Waals surface area contributed by atoms with Gasteiger partial charge in [0, 0.05) is 15.3 Å². The van der Waals surface area contributed by atoms with E-state index in [-0.39, 0.29) is 5.04 Å². The van der Waals surface area contributed by atoms with Crippen LogP contribution in [0.15, 0.2) is 11.1 Å². The minimum Gasteiger partial charge on any atom is -0.0892 e. The SMILES string of the molecule is [Si]C12CCC(C=C1Cl)C2. The summed E-state index contributed by atoms with van der Waals surface area (Å²) in [7, 11) is 3.70. The van der Waals surface area contributed by atoms with E-state index in [0.717, 1.165) is 11.0 Å². The maximum atomic E-state index is 5.96. The predicted molar refractivity (Wildman–Crippen MR) is 39.7 cm³/mol. The molecule has 0 spiro atoms. The first-order chi connectivity index (χ1) is 4.21. The van der Waals surface area contributed by atoms with Gasteiger partial charge >= 0.3 is 0 Å². The number of hydrogen-bond acceptors (Lipinski definition) is 0. The van der Waals surface area contributed by atoms with E-state index >= 15 is 0 Å². The summed E-state index contributed by atoms with van der Waals surface area (Å²) in [6.07, 6.45) is 5.96. The molecular weight excluding hydrogens is 148 g/mol. The molecule has 1 fully saturated rings. The van der Waals surface area contributed by atoms with Gasteiger partial charge in [-0.3, -0.25) is 0 Å². The second-order valence-corrected chi connectivity index (χ2v) is 4.46. The molecule has 2 aliphatic carbocycles. The van der Waals surface area contributed by atoms with Gasteiger partial charge in [-0.1, -0.05) is 17.7 Å². The van der Waals surface area contributed by atoms with Crippen LogP contribution in [-0.4, -0.2) is 10.2 Å². The smallest absolute Gasteiger partial charge is 0.0391 e. The minimum atomic E-state index is 0.201. The van der Waals surface area contributed by atoms with Crippen molar-refractivity contribution in [2.24, 2.45) is 5.92 Å². The van der Waals surface area contributed by atoms with Crippen molar-refractivity contribution in [3.8, 4) is 0 Å². The third-order valence-electron chi connectivity index (χ3n) is 2.39. The number of fused-ring (bicyclic) bond motifs is 2. The van der Waals surface area contributed by atoms with Crippen molar-refractivity contribution in [2.75, 3.05) is 0 Å². The molecule has 0 aromatic carbocycles. The molecule has 2 bridgehead atoms. The summed E-state index contributed by atoms with van der Waals surface area (Å²) in [6, 6.07) is 0. The van der Waals surface area contributed by atoms with Gasteiger partial charge in [-0.05, 0) is 30.2 Å². The normalized spacial score (nSPS) is 47.8. The molecule has 0 heterocycles. The lowest BCUT2D eigenvalue weighted by Crippen LogP contribution is -2.04. The van der Waals surface area contributed by atoms with Gasteiger partial charge in [0.15, 0.2) is 0 Å². The second-order valence-electron chi connectivity index (χ2n) is 3.10. The molecule has 9 heavy (non-hydrogen) atoms. The maximum Gasteiger partial charge on any atom is 0.0391 e. The van der Waals surface area contributed by atoms with Gasteiger partial charge in [0.1, 0.15) is 0 Å². The largest absolute Gasteiger partial charge is 0.0892 e. The highest BCUT2D eigenvalue weighted by molar-refractivity contribution is 6.37. The standard InChI is InChI=1S/C7H8ClSi/c8-6-3-5-1-2-7(6,9)4-5/h3,5H,1-2,4H2. The molecule has 1 saturated carbocycles. The van der Waals surface area contributed by atoms with Gasteiger partial charge in [0.05, 0.1) is 0 Å². The van der Waals surface area contributed by atoms with Gasteiger partial charge < -0.3 is 0 Å². The van der Waals surface area contributed by atoms with Crippen molar-refractivity contribution in [1.29, 1.82) is 0 Å². The monoisotopic (exact) mass is 155 g/mol. The van der Waals surface area contributed by atoms with Crippen molar-refractivity contribution in [2.45, 2.75) is 24.3 Å². The van der Waals surface area contributed by atoms with Crippen LogP contribution in [0, 0.1) is 5.92 Å². The van der Waals surface area contributed by atoms with Crippen LogP contribution in [0.1, 0.15) is 19.3 Å². The predicted octanol–water partition coefficient (Wildman–Crippen LogP) is 2.25. The maximum absolute atomic E-state index is 5.96. The van der Waals surface area contributed by atoms with Crippen LogP contribution in [0.4, 0.5) is 0 Å². The first-order valence-electron chi connectivity index (χ1n) is 3.33. The summed E-state index contributed by atoms with van der Waals surface area (Å²) in [6.45, 7) is 0. The third kappa shape index (κ3) is 0.713. The van der Waals surface area contributed by atoms with Crippen LogP contribution >= 0.6 is 11.6 Å². The number of hydrogen-bond donors (Lipinski definition) is 0. The molecule has 0 amide bonds. The number of allylic oxidation sites excluding steroid dienone is 2. The summed E-state index contributed by atoms with van der Waals surface area (Å²) in [5, 5.41) is 1.24. The quantitative estimate of drug-likeness (QED) is 0.471. The first-order valence-corrected chi connectivity index (χ1v) is 4.21. The fraction of sp³-hybridized carbons (Fsp3) is 0.714. The lowest BCUT2D eigenvalue weighted by atomic mass is 10.1. The topological polar surface area (TPSA) is 0 Å². The van der Waals surface area contributed by atoms with Gasteiger partial charge in [0.2, 0.25) is 0 Å². The zero-order valence-electron chi connectivity index (χ0n) is 5.15. The van der Waals surface area contributed by atoms with Crippen molar-refractivity contribution >= 4 is 21.8 Å². The van der Waals surface area contributed by atoms with Gasteiger partial charge in [-0.2, -0.15) is 0 Å². The Bertz CT molecular complexity index is 176. The number of rotatable bonds is 0. The zero-order valence-corrected chi connectivity index (χ0v) is 6.91. The highest BCUT2D eigenvalue weighted by Crippen LogP contribution is 2.58. The fourth-order valence-electron chi connectivity index (χ4n) is 1.81. The Balaban J connectivity index is 2.37. The van der Waals surface area contributed by atoms with E-state index in [1.165, 1.54) is 19.3 Å². The lowest BCUT2D eigenvalue weighted by molar-refractivity contribution is 0.698. The summed E-state index contributed by atoms with van der Waals surface area (Å²) in [5.74, 6) is 0.773. The summed E-state index contributed by atoms with van der Waals surface area (Å²) in [5.41, 5.74) is 0. The first kappa shape index (κ1) is 5.99. The van der Waals surface area contributed by atoms with Gasteiger partial charge in [-0.25, -0.2) is 0 Å². The summed E-state index contributed by atoms with van der Waals surface area (Å²) in [4.78, 5) is 0. The Hall–Kier alpha value is 0.247. The van der Waals surface area contributed by atoms with Crippen LogP contribution in [0.2, 0.25) is 5.04 Å². The van der Waals surface area contributed by atoms with E-state index in [1.807, 2.05) is 0 Å². The second kappa shape index (κ2) is 1.64. The molecule has 2 atom stereocenters. The molecule has 2 rings (SSSR count). The van der Waals surface area contributed by atoms with E-state index in [4.69, 9.17) is 11.6 Å². The van der Waals surface area contributed by atoms with E-state index in [1.54, 1.807) is 0 Å². The highest BCUT2D eigenvalue weighted by atomic mass is 35.5. The molecule has 2 aliphatic rings. The van der Waals surface area contributed by atoms with Crippen molar-refractivity contribution in [3.05, 3.63) is 11.1 Å². The summed E-state index contributed by atoms with van der Waals surface area (Å²) >= 11 is 5.96. The molecule has 0 aliphatic heterocycles. The molecule has 0 saturated heterocycles. The van der Waals surface area contributed by atoms with Gasteiger partial charge in [-0.15, -0.1) is 0 Å². The van der Waals surface area contributed by atoms with Crippen LogP contribution in [0.5, 0.6) is 0 Å². The highest BCUT2D eigenvalue weighted by Gasteiger charge is 2.41. The molecule has 0 nitrogen and oxygen atoms in total. The van der Waals surface area contributed by atoms with Crippen molar-refractivity contribution in [1.82, 2.24) is 0 Å². The van der Waals surface area contributed by atoms with Crippen molar-refractivity contribution < 1.29 is 0 Å². The summed E-state index contributed by atoms with van der Waals surface area (Å²) < 4.78 is 0. The molecule has 47 valence electrons. The Morgan fingerprint density at radius 2 is 2.56 bits per heavy atom. The van der Waals surface area contributed by atoms with Crippen LogP contribution in [-0.2, 0) is 0 Å². The average Bonchev–Trinajstić information content (AvgIpc) is 2.22. The van der Waals surface area contributed by atoms with E-state index in [0.29, 0.717) is 0 Å². The molecule has 2 unspecified atom stereocenters. The Morgan fingerprint density at radius 3 is 2.78 bits per heavy atom. The van der Waals surface area contributed by atoms with E-state index in [2.05, 4.69) is 16.3 Å². The van der Waals surface area contributed by atoms with Crippen molar-refractivity contribution in [3.63, 3.8) is 0 Å². The Kier molecular flexibility index (Phi) is 1.09. The van der Waals surface area contributed by atoms with Crippen LogP contribution in [0.3, 0.4) is 0 Å². The molecule has 0 aromatic rings. The minimum absolute atomic E-state index is 0.201. The molecule has 3 radical (unpaired) electrons. The molecular formula is C7H8ClSi. The van der Waals surface area contributed by atoms with Crippen LogP contribution < -0.4 is 0 Å². The zero-order chi connectivity index (χ0) is 6.48. The Labute approximate surface area is 63.7 Å². The third-order valence-corrected chi connectivity index (χ3v) is 3.76. The molecule has 2 heteroatoms. The van der Waals surface area contributed by atoms with Crippen LogP contribution in [0.25, 0.3) is 0 Å². The molecule has 0 aromatic heterocycles. The number of halogens is 1. The van der Waals surface area contributed by atoms with E-state index < -0.39 is 0 Å². The lowest BCUT2D eigenvalue weighted by Gasteiger charge is -2.19. The van der Waals surface area contributed by atoms with Gasteiger partial charge in [0.25, 0.3) is 0 Å². The molecule has 0 N–H and O–H groups in total. The average molecular weight is 156 g/mol. The van der Waals surface area contributed by atoms with E-state index in [9.17, 15) is 0 Å². The fourth-order valence-corrected chi connectivity index (χ4v) is 2.65.